The number of nitrogens with zero attached hydrogens (tertiary/aromatic N) is 1. The van der Waals surface area contributed by atoms with E-state index in [9.17, 15) is 9.59 Å². The second kappa shape index (κ2) is 10.7. The Bertz CT molecular complexity index is 1050. The molecule has 3 rings (SSSR count). The number of carbonyl (C=O) groups is 2. The van der Waals surface area contributed by atoms with Crippen molar-refractivity contribution in [3.8, 4) is 0 Å². The minimum Gasteiger partial charge on any atom is -0.357 e. The zero-order valence-electron chi connectivity index (χ0n) is 18.1. The van der Waals surface area contributed by atoms with Gasteiger partial charge in [-0.1, -0.05) is 54.6 Å². The molecule has 0 fully saturated rings. The Morgan fingerprint density at radius 2 is 1.55 bits per heavy atom. The molecule has 0 aliphatic heterocycles. The number of nitrogens with one attached hydrogen (secondary N) is 2. The van der Waals surface area contributed by atoms with Crippen LogP contribution in [0.1, 0.15) is 11.1 Å². The van der Waals surface area contributed by atoms with E-state index >= 15 is 0 Å². The van der Waals surface area contributed by atoms with Crippen molar-refractivity contribution in [1.29, 1.82) is 0 Å². The molecule has 0 bridgehead atoms. The van der Waals surface area contributed by atoms with E-state index in [0.29, 0.717) is 12.8 Å². The Morgan fingerprint density at radius 3 is 2.19 bits per heavy atom. The fraction of sp³-hybridized carbons (Fsp3) is 0.280. The molecule has 6 heteroatoms. The first kappa shape index (κ1) is 23.2. The highest BCUT2D eigenvalue weighted by Crippen LogP contribution is 2.18. The molecule has 3 aromatic carbocycles. The molecule has 2 amide bonds. The number of likely N-dealkylation sites (N-methyl/N-ethyl adjacent to an activating group) is 3. The van der Waals surface area contributed by atoms with Gasteiger partial charge in [-0.2, -0.15) is 0 Å². The molecular formula is C25H28IN3O2. The Morgan fingerprint density at radius 1 is 0.903 bits per heavy atom. The zero-order chi connectivity index (χ0) is 22.4. The minimum atomic E-state index is -0.579. The van der Waals surface area contributed by atoms with Crippen LogP contribution < -0.4 is 10.6 Å². The van der Waals surface area contributed by atoms with Gasteiger partial charge in [-0.3, -0.25) is 9.59 Å². The van der Waals surface area contributed by atoms with E-state index in [0.717, 1.165) is 20.1 Å². The number of benzene rings is 3. The molecule has 0 heterocycles. The molecule has 162 valence electrons. The smallest absolute Gasteiger partial charge is 0.242 e. The van der Waals surface area contributed by atoms with Crippen molar-refractivity contribution in [3.63, 3.8) is 0 Å². The van der Waals surface area contributed by atoms with Gasteiger partial charge in [-0.25, -0.2) is 0 Å². The van der Waals surface area contributed by atoms with Crippen molar-refractivity contribution in [1.82, 2.24) is 15.5 Å². The summed E-state index contributed by atoms with van der Waals surface area (Å²) >= 11 is 2.25. The molecule has 0 spiro atoms. The standard InChI is InChI=1S/C25H28IN3O2/c1-27-22(15-18-8-11-19-6-4-5-7-20(19)14-18)25(31)29(3)23(24(30)28-2)16-17-9-12-21(26)13-10-17/h4-14,22-23,27H,15-16H2,1-3H3,(H,28,30)/t22-,23-/m1/s1. The Kier molecular flexibility index (Phi) is 8.03. The predicted octanol–water partition coefficient (Wildman–Crippen LogP) is 3.39. The van der Waals surface area contributed by atoms with Crippen LogP contribution in [0, 0.1) is 3.57 Å². The van der Waals surface area contributed by atoms with Crippen LogP contribution in [0.25, 0.3) is 10.8 Å². The number of amides is 2. The van der Waals surface area contributed by atoms with Gasteiger partial charge >= 0.3 is 0 Å². The molecule has 0 aliphatic carbocycles. The van der Waals surface area contributed by atoms with Gasteiger partial charge < -0.3 is 15.5 Å². The summed E-state index contributed by atoms with van der Waals surface area (Å²) in [4.78, 5) is 27.5. The maximum Gasteiger partial charge on any atom is 0.242 e. The van der Waals surface area contributed by atoms with Gasteiger partial charge in [-0.15, -0.1) is 0 Å². The lowest BCUT2D eigenvalue weighted by molar-refractivity contribution is -0.140. The Hall–Kier alpha value is -2.45. The largest absolute Gasteiger partial charge is 0.357 e. The van der Waals surface area contributed by atoms with Crippen LogP contribution in [-0.4, -0.2) is 49.9 Å². The van der Waals surface area contributed by atoms with Crippen LogP contribution in [0.3, 0.4) is 0 Å². The lowest BCUT2D eigenvalue weighted by Crippen LogP contribution is -2.54. The summed E-state index contributed by atoms with van der Waals surface area (Å²) in [5.41, 5.74) is 2.10. The summed E-state index contributed by atoms with van der Waals surface area (Å²) in [7, 11) is 5.09. The summed E-state index contributed by atoms with van der Waals surface area (Å²) in [5.74, 6) is -0.273. The van der Waals surface area contributed by atoms with Gasteiger partial charge in [0.05, 0.1) is 6.04 Å². The lowest BCUT2D eigenvalue weighted by atomic mass is 9.99. The van der Waals surface area contributed by atoms with Crippen LogP contribution in [0.5, 0.6) is 0 Å². The Balaban J connectivity index is 1.78. The molecular weight excluding hydrogens is 501 g/mol. The fourth-order valence-electron chi connectivity index (χ4n) is 3.73. The maximum atomic E-state index is 13.3. The zero-order valence-corrected chi connectivity index (χ0v) is 20.2. The number of fused-ring (bicyclic) bond motifs is 1. The number of carbonyl (C=O) groups excluding carboxylic acids is 2. The predicted molar refractivity (Wildman–Crippen MR) is 134 cm³/mol. The molecule has 0 aromatic heterocycles. The molecule has 0 saturated carbocycles. The van der Waals surface area contributed by atoms with E-state index in [1.165, 1.54) is 5.39 Å². The summed E-state index contributed by atoms with van der Waals surface area (Å²) in [5, 5.41) is 8.17. The van der Waals surface area contributed by atoms with E-state index in [2.05, 4.69) is 63.6 Å². The first-order valence-corrected chi connectivity index (χ1v) is 11.4. The second-order valence-corrected chi connectivity index (χ2v) is 8.88. The van der Waals surface area contributed by atoms with E-state index in [1.54, 1.807) is 26.0 Å². The van der Waals surface area contributed by atoms with Crippen LogP contribution in [-0.2, 0) is 22.4 Å². The van der Waals surface area contributed by atoms with E-state index < -0.39 is 12.1 Å². The second-order valence-electron chi connectivity index (χ2n) is 7.64. The minimum absolute atomic E-state index is 0.102. The third-order valence-corrected chi connectivity index (χ3v) is 6.33. The molecule has 0 radical (unpaired) electrons. The van der Waals surface area contributed by atoms with Gasteiger partial charge in [0.2, 0.25) is 11.8 Å². The van der Waals surface area contributed by atoms with Crippen LogP contribution in [0.4, 0.5) is 0 Å². The van der Waals surface area contributed by atoms with Crippen molar-refractivity contribution in [2.45, 2.75) is 24.9 Å². The van der Waals surface area contributed by atoms with Crippen molar-refractivity contribution < 1.29 is 9.59 Å². The van der Waals surface area contributed by atoms with E-state index in [-0.39, 0.29) is 11.8 Å². The maximum absolute atomic E-state index is 13.3. The molecule has 0 saturated heterocycles. The highest BCUT2D eigenvalue weighted by atomic mass is 127. The summed E-state index contributed by atoms with van der Waals surface area (Å²) in [6.07, 6.45) is 1.01. The van der Waals surface area contributed by atoms with E-state index in [4.69, 9.17) is 0 Å². The molecule has 31 heavy (non-hydrogen) atoms. The first-order chi connectivity index (χ1) is 14.9. The molecule has 0 aliphatic rings. The fourth-order valence-corrected chi connectivity index (χ4v) is 4.09. The van der Waals surface area contributed by atoms with Crippen molar-refractivity contribution in [2.75, 3.05) is 21.1 Å². The SMILES string of the molecule is CNC(=O)[C@@H](Cc1ccc(I)cc1)N(C)C(=O)[C@@H](Cc1ccc2ccccc2c1)NC. The van der Waals surface area contributed by atoms with Gasteiger partial charge in [0.15, 0.2) is 0 Å². The van der Waals surface area contributed by atoms with Crippen molar-refractivity contribution in [3.05, 3.63) is 81.4 Å². The topological polar surface area (TPSA) is 61.4 Å². The normalized spacial score (nSPS) is 12.9. The van der Waals surface area contributed by atoms with Crippen LogP contribution in [0.2, 0.25) is 0 Å². The molecule has 2 N–H and O–H groups in total. The average molecular weight is 529 g/mol. The summed E-state index contributed by atoms with van der Waals surface area (Å²) in [6, 6.07) is 21.5. The highest BCUT2D eigenvalue weighted by molar-refractivity contribution is 14.1. The number of hydrogen-bond acceptors (Lipinski definition) is 3. The third kappa shape index (κ3) is 5.83. The molecule has 5 nitrogen and oxygen atoms in total. The molecule has 0 unspecified atom stereocenters. The van der Waals surface area contributed by atoms with E-state index in [1.807, 2.05) is 36.4 Å². The number of halogens is 1. The average Bonchev–Trinajstić information content (AvgIpc) is 2.80. The Labute approximate surface area is 197 Å². The molecule has 3 aromatic rings. The first-order valence-electron chi connectivity index (χ1n) is 10.3. The van der Waals surface area contributed by atoms with Gasteiger partial charge in [0.1, 0.15) is 6.04 Å². The third-order valence-electron chi connectivity index (χ3n) is 5.61. The van der Waals surface area contributed by atoms with Crippen molar-refractivity contribution in [2.24, 2.45) is 0 Å². The van der Waals surface area contributed by atoms with Gasteiger partial charge in [0.25, 0.3) is 0 Å². The van der Waals surface area contributed by atoms with Gasteiger partial charge in [0, 0.05) is 24.1 Å². The summed E-state index contributed by atoms with van der Waals surface area (Å²) < 4.78 is 1.13. The van der Waals surface area contributed by atoms with Gasteiger partial charge in [-0.05, 0) is 70.1 Å². The monoisotopic (exact) mass is 529 g/mol. The van der Waals surface area contributed by atoms with Crippen LogP contribution >= 0.6 is 22.6 Å². The number of rotatable bonds is 8. The molecule has 2 atom stereocenters. The van der Waals surface area contributed by atoms with Crippen molar-refractivity contribution >= 4 is 45.2 Å². The number of hydrogen-bond donors (Lipinski definition) is 2. The van der Waals surface area contributed by atoms with Crippen LogP contribution in [0.15, 0.2) is 66.7 Å². The lowest BCUT2D eigenvalue weighted by Gasteiger charge is -2.30. The summed E-state index contributed by atoms with van der Waals surface area (Å²) in [6.45, 7) is 0. The quantitative estimate of drug-likeness (QED) is 0.440. The highest BCUT2D eigenvalue weighted by Gasteiger charge is 2.30.